The molecule has 0 aliphatic rings. The van der Waals surface area contributed by atoms with Crippen molar-refractivity contribution in [2.45, 2.75) is 26.2 Å². The molecule has 0 radical (unpaired) electrons. The highest BCUT2D eigenvalue weighted by molar-refractivity contribution is 5.93. The molecule has 10 nitrogen and oxygen atoms in total. The number of nitrogens with zero attached hydrogens (tertiary/aromatic N) is 4. The summed E-state index contributed by atoms with van der Waals surface area (Å²) < 4.78 is 40.2. The second kappa shape index (κ2) is 8.54. The molecule has 0 saturated carbocycles. The van der Waals surface area contributed by atoms with E-state index in [4.69, 9.17) is 5.11 Å². The summed E-state index contributed by atoms with van der Waals surface area (Å²) in [4.78, 5) is 34.5. The molecule has 0 atom stereocenters. The zero-order chi connectivity index (χ0) is 20.9. The number of aryl methyl sites for hydroxylation is 1. The minimum atomic E-state index is -4.66. The highest BCUT2D eigenvalue weighted by atomic mass is 19.4. The van der Waals surface area contributed by atoms with Crippen molar-refractivity contribution in [3.63, 3.8) is 0 Å². The molecule has 152 valence electrons. The van der Waals surface area contributed by atoms with Crippen LogP contribution in [0.1, 0.15) is 33.6 Å². The van der Waals surface area contributed by atoms with Gasteiger partial charge in [0.1, 0.15) is 17.9 Å². The molecule has 28 heavy (non-hydrogen) atoms. The molecule has 0 aliphatic carbocycles. The fraction of sp³-hybridized carbons (Fsp3) is 0.400. The Labute approximate surface area is 156 Å². The van der Waals surface area contributed by atoms with Crippen molar-refractivity contribution >= 4 is 17.8 Å². The quantitative estimate of drug-likeness (QED) is 0.547. The molecule has 0 fully saturated rings. The zero-order valence-corrected chi connectivity index (χ0v) is 14.7. The second-order valence-electron chi connectivity index (χ2n) is 5.53. The first-order valence-corrected chi connectivity index (χ1v) is 8.08. The molecule has 0 unspecified atom stereocenters. The Bertz CT molecular complexity index is 873. The summed E-state index contributed by atoms with van der Waals surface area (Å²) in [7, 11) is 0. The van der Waals surface area contributed by atoms with Crippen LogP contribution in [0.25, 0.3) is 0 Å². The van der Waals surface area contributed by atoms with E-state index >= 15 is 0 Å². The molecule has 0 saturated heterocycles. The molecular formula is C15H17F3N6O4. The summed E-state index contributed by atoms with van der Waals surface area (Å²) in [5.41, 5.74) is -1.41. The Morgan fingerprint density at radius 2 is 1.79 bits per heavy atom. The van der Waals surface area contributed by atoms with E-state index in [0.29, 0.717) is 6.07 Å². The molecule has 2 amide bonds. The van der Waals surface area contributed by atoms with Crippen LogP contribution in [0, 0.1) is 0 Å². The van der Waals surface area contributed by atoms with E-state index in [1.54, 1.807) is 6.92 Å². The standard InChI is InChI=1S/C15H17F3N6O4/c1-2-24-10(7-11(22-24)15(16,17)18)14(28)20-5-4-19-13(27)9-3-6-23(21-9)8-12(25)26/h3,6-7H,2,4-5,8H2,1H3,(H,19,27)(H,20,28)(H,25,26). The fourth-order valence-electron chi connectivity index (χ4n) is 2.22. The van der Waals surface area contributed by atoms with E-state index in [2.05, 4.69) is 20.8 Å². The maximum absolute atomic E-state index is 12.7. The first kappa shape index (κ1) is 20.9. The molecule has 0 bridgehead atoms. The fourth-order valence-corrected chi connectivity index (χ4v) is 2.22. The number of alkyl halides is 3. The maximum atomic E-state index is 12.7. The minimum Gasteiger partial charge on any atom is -0.480 e. The lowest BCUT2D eigenvalue weighted by Gasteiger charge is -2.07. The number of rotatable bonds is 8. The molecule has 2 aromatic heterocycles. The second-order valence-corrected chi connectivity index (χ2v) is 5.53. The Balaban J connectivity index is 1.85. The number of carbonyl (C=O) groups is 3. The lowest BCUT2D eigenvalue weighted by Crippen LogP contribution is -2.35. The van der Waals surface area contributed by atoms with Crippen molar-refractivity contribution in [1.82, 2.24) is 30.2 Å². The van der Waals surface area contributed by atoms with Crippen LogP contribution in [0.2, 0.25) is 0 Å². The van der Waals surface area contributed by atoms with E-state index in [-0.39, 0.29) is 31.0 Å². The van der Waals surface area contributed by atoms with Gasteiger partial charge in [-0.1, -0.05) is 0 Å². The van der Waals surface area contributed by atoms with Crippen molar-refractivity contribution < 1.29 is 32.7 Å². The number of carboxylic acid groups (broad SMARTS) is 1. The number of aromatic nitrogens is 4. The third-order valence-corrected chi connectivity index (χ3v) is 3.47. The Morgan fingerprint density at radius 1 is 1.14 bits per heavy atom. The number of carboxylic acids is 1. The van der Waals surface area contributed by atoms with Crippen LogP contribution in [0.3, 0.4) is 0 Å². The third-order valence-electron chi connectivity index (χ3n) is 3.47. The lowest BCUT2D eigenvalue weighted by molar-refractivity contribution is -0.141. The first-order valence-electron chi connectivity index (χ1n) is 8.08. The summed E-state index contributed by atoms with van der Waals surface area (Å²) in [5.74, 6) is -2.46. The Kier molecular flexibility index (Phi) is 6.38. The van der Waals surface area contributed by atoms with Crippen molar-refractivity contribution in [1.29, 1.82) is 0 Å². The van der Waals surface area contributed by atoms with Gasteiger partial charge in [-0.15, -0.1) is 0 Å². The summed E-state index contributed by atoms with van der Waals surface area (Å²) in [5, 5.41) is 20.6. The van der Waals surface area contributed by atoms with Crippen molar-refractivity contribution in [3.05, 3.63) is 35.4 Å². The van der Waals surface area contributed by atoms with Crippen molar-refractivity contribution in [2.24, 2.45) is 0 Å². The first-order chi connectivity index (χ1) is 13.1. The van der Waals surface area contributed by atoms with Gasteiger partial charge >= 0.3 is 12.1 Å². The van der Waals surface area contributed by atoms with Gasteiger partial charge in [0.25, 0.3) is 11.8 Å². The van der Waals surface area contributed by atoms with E-state index in [1.165, 1.54) is 12.3 Å². The normalized spacial score (nSPS) is 11.3. The van der Waals surface area contributed by atoms with E-state index in [1.807, 2.05) is 0 Å². The maximum Gasteiger partial charge on any atom is 0.435 e. The van der Waals surface area contributed by atoms with Gasteiger partial charge in [-0.25, -0.2) is 0 Å². The van der Waals surface area contributed by atoms with Crippen molar-refractivity contribution in [3.8, 4) is 0 Å². The molecular weight excluding hydrogens is 385 g/mol. The summed E-state index contributed by atoms with van der Waals surface area (Å²) in [6.07, 6.45) is -3.33. The minimum absolute atomic E-state index is 0.00791. The van der Waals surface area contributed by atoms with Crippen LogP contribution in [0.4, 0.5) is 13.2 Å². The molecule has 2 aromatic rings. The number of nitrogens with one attached hydrogen (secondary N) is 2. The molecule has 2 heterocycles. The van der Waals surface area contributed by atoms with Gasteiger partial charge in [-0.05, 0) is 13.0 Å². The lowest BCUT2D eigenvalue weighted by atomic mass is 10.3. The van der Waals surface area contributed by atoms with Gasteiger partial charge in [0.05, 0.1) is 0 Å². The Hall–Kier alpha value is -3.38. The predicted molar refractivity (Wildman–Crippen MR) is 87.4 cm³/mol. The van der Waals surface area contributed by atoms with E-state index in [0.717, 1.165) is 9.36 Å². The topological polar surface area (TPSA) is 131 Å². The van der Waals surface area contributed by atoms with Gasteiger partial charge in [0, 0.05) is 31.9 Å². The third kappa shape index (κ3) is 5.31. The SMILES string of the molecule is CCn1nc(C(F)(F)F)cc1C(=O)NCCNC(=O)c1ccn(CC(=O)O)n1. The van der Waals surface area contributed by atoms with Gasteiger partial charge < -0.3 is 15.7 Å². The molecule has 0 aliphatic heterocycles. The highest BCUT2D eigenvalue weighted by Gasteiger charge is 2.35. The summed E-state index contributed by atoms with van der Waals surface area (Å²) >= 11 is 0. The molecule has 0 aromatic carbocycles. The van der Waals surface area contributed by atoms with Crippen LogP contribution >= 0.6 is 0 Å². The van der Waals surface area contributed by atoms with Crippen LogP contribution in [-0.2, 0) is 24.1 Å². The van der Waals surface area contributed by atoms with Crippen molar-refractivity contribution in [2.75, 3.05) is 13.1 Å². The molecule has 0 spiro atoms. The van der Waals surface area contributed by atoms with Gasteiger partial charge in [-0.3, -0.25) is 23.7 Å². The summed E-state index contributed by atoms with van der Waals surface area (Å²) in [6.45, 7) is 1.18. The number of hydrogen-bond donors (Lipinski definition) is 3. The van der Waals surface area contributed by atoms with Gasteiger partial charge in [0.15, 0.2) is 5.69 Å². The number of amides is 2. The van der Waals surface area contributed by atoms with Gasteiger partial charge in [-0.2, -0.15) is 23.4 Å². The van der Waals surface area contributed by atoms with Gasteiger partial charge in [0.2, 0.25) is 0 Å². The molecule has 3 N–H and O–H groups in total. The average Bonchev–Trinajstić information content (AvgIpc) is 3.24. The predicted octanol–water partition coefficient (Wildman–Crippen LogP) is 0.363. The largest absolute Gasteiger partial charge is 0.480 e. The number of carbonyl (C=O) groups excluding carboxylic acids is 2. The van der Waals surface area contributed by atoms with Crippen LogP contribution < -0.4 is 10.6 Å². The average molecular weight is 402 g/mol. The van der Waals surface area contributed by atoms with E-state index in [9.17, 15) is 27.6 Å². The van der Waals surface area contributed by atoms with Crippen LogP contribution in [0.15, 0.2) is 18.3 Å². The van der Waals surface area contributed by atoms with Crippen LogP contribution in [-0.4, -0.2) is 55.5 Å². The number of aliphatic carboxylic acids is 1. The Morgan fingerprint density at radius 3 is 2.36 bits per heavy atom. The smallest absolute Gasteiger partial charge is 0.435 e. The number of halogens is 3. The van der Waals surface area contributed by atoms with E-state index < -0.39 is 36.2 Å². The molecule has 2 rings (SSSR count). The number of hydrogen-bond acceptors (Lipinski definition) is 5. The van der Waals surface area contributed by atoms with Crippen LogP contribution in [0.5, 0.6) is 0 Å². The highest BCUT2D eigenvalue weighted by Crippen LogP contribution is 2.28. The zero-order valence-electron chi connectivity index (χ0n) is 14.7. The monoisotopic (exact) mass is 402 g/mol. The molecule has 13 heteroatoms. The summed E-state index contributed by atoms with van der Waals surface area (Å²) in [6, 6.07) is 1.99.